The van der Waals surface area contributed by atoms with Crippen LogP contribution in [0.2, 0.25) is 0 Å². The number of rotatable bonds is 16. The zero-order valence-corrected chi connectivity index (χ0v) is 15.7. The lowest BCUT2D eigenvalue weighted by molar-refractivity contribution is -0.0246. The Bertz CT molecular complexity index is 363. The normalized spacial score (nSPS) is 12.2. The summed E-state index contributed by atoms with van der Waals surface area (Å²) in [6.07, 6.45) is 17.6. The van der Waals surface area contributed by atoms with Crippen molar-refractivity contribution in [2.45, 2.75) is 103 Å². The van der Waals surface area contributed by atoms with E-state index < -0.39 is 6.29 Å². The van der Waals surface area contributed by atoms with Gasteiger partial charge in [0, 0.05) is 6.42 Å². The van der Waals surface area contributed by atoms with Crippen molar-refractivity contribution in [1.29, 1.82) is 0 Å². The van der Waals surface area contributed by atoms with Gasteiger partial charge in [-0.15, -0.1) is 0 Å². The first-order valence-corrected chi connectivity index (χ1v) is 10.2. The smallest absolute Gasteiger partial charge is 0.197 e. The lowest BCUT2D eigenvalue weighted by Gasteiger charge is -2.13. The number of unbranched alkanes of at least 4 members (excludes halogenated alkanes) is 12. The zero-order chi connectivity index (χ0) is 17.3. The average Bonchev–Trinajstić information content (AvgIpc) is 2.60. The Morgan fingerprint density at radius 3 is 1.67 bits per heavy atom. The molecule has 2 nitrogen and oxygen atoms in total. The van der Waals surface area contributed by atoms with Crippen LogP contribution in [-0.2, 0) is 0 Å². The first kappa shape index (κ1) is 21.0. The summed E-state index contributed by atoms with van der Waals surface area (Å²) in [7, 11) is 0. The molecule has 0 aliphatic heterocycles. The number of benzene rings is 1. The Hall–Kier alpha value is -1.02. The second-order valence-electron chi connectivity index (χ2n) is 6.92. The molecule has 0 amide bonds. The SMILES string of the molecule is CCCCCCCCCCCCCCCC(O)Oc1ccccc1. The van der Waals surface area contributed by atoms with Gasteiger partial charge in [0.1, 0.15) is 5.75 Å². The molecule has 1 atom stereocenters. The van der Waals surface area contributed by atoms with Crippen molar-refractivity contribution in [1.82, 2.24) is 0 Å². The number of hydrogen-bond donors (Lipinski definition) is 1. The van der Waals surface area contributed by atoms with Gasteiger partial charge in [-0.3, -0.25) is 0 Å². The second kappa shape index (κ2) is 15.5. The third kappa shape index (κ3) is 12.4. The van der Waals surface area contributed by atoms with Gasteiger partial charge in [0.25, 0.3) is 0 Å². The van der Waals surface area contributed by atoms with E-state index in [1.54, 1.807) is 0 Å². The van der Waals surface area contributed by atoms with Gasteiger partial charge < -0.3 is 9.84 Å². The van der Waals surface area contributed by atoms with E-state index in [0.717, 1.165) is 18.6 Å². The monoisotopic (exact) mass is 334 g/mol. The molecule has 0 saturated heterocycles. The molecule has 1 aromatic rings. The first-order valence-electron chi connectivity index (χ1n) is 10.2. The molecule has 1 unspecified atom stereocenters. The van der Waals surface area contributed by atoms with Gasteiger partial charge in [-0.25, -0.2) is 0 Å². The van der Waals surface area contributed by atoms with Crippen LogP contribution < -0.4 is 4.74 Å². The Kier molecular flexibility index (Phi) is 13.6. The molecule has 138 valence electrons. The fraction of sp³-hybridized carbons (Fsp3) is 0.727. The maximum Gasteiger partial charge on any atom is 0.197 e. The van der Waals surface area contributed by atoms with E-state index in [0.29, 0.717) is 0 Å². The summed E-state index contributed by atoms with van der Waals surface area (Å²) in [5, 5.41) is 9.86. The molecule has 1 aromatic carbocycles. The van der Waals surface area contributed by atoms with E-state index >= 15 is 0 Å². The summed E-state index contributed by atoms with van der Waals surface area (Å²) in [5.74, 6) is 0.750. The van der Waals surface area contributed by atoms with Gasteiger partial charge in [-0.05, 0) is 18.6 Å². The number of aliphatic hydroxyl groups is 1. The third-order valence-corrected chi connectivity index (χ3v) is 4.57. The van der Waals surface area contributed by atoms with Crippen LogP contribution in [0.25, 0.3) is 0 Å². The molecular weight excluding hydrogens is 296 g/mol. The standard InChI is InChI=1S/C22H38O2/c1-2-3-4-5-6-7-8-9-10-11-12-13-17-20-22(23)24-21-18-15-14-16-19-21/h14-16,18-19,22-23H,2-13,17,20H2,1H3. The van der Waals surface area contributed by atoms with Crippen molar-refractivity contribution in [3.63, 3.8) is 0 Å². The lowest BCUT2D eigenvalue weighted by atomic mass is 10.0. The molecule has 0 heterocycles. The Morgan fingerprint density at radius 2 is 1.17 bits per heavy atom. The topological polar surface area (TPSA) is 29.5 Å². The third-order valence-electron chi connectivity index (χ3n) is 4.57. The molecule has 1 N–H and O–H groups in total. The quantitative estimate of drug-likeness (QED) is 0.264. The number of hydrogen-bond acceptors (Lipinski definition) is 2. The molecule has 0 spiro atoms. The Morgan fingerprint density at radius 1 is 0.708 bits per heavy atom. The van der Waals surface area contributed by atoms with Crippen LogP contribution in [0.3, 0.4) is 0 Å². The van der Waals surface area contributed by atoms with Crippen LogP contribution in [-0.4, -0.2) is 11.4 Å². The molecule has 0 bridgehead atoms. The molecule has 1 rings (SSSR count). The predicted molar refractivity (Wildman–Crippen MR) is 103 cm³/mol. The van der Waals surface area contributed by atoms with Crippen molar-refractivity contribution < 1.29 is 9.84 Å². The molecular formula is C22H38O2. The minimum atomic E-state index is -0.667. The van der Waals surface area contributed by atoms with Gasteiger partial charge in [0.15, 0.2) is 6.29 Å². The van der Waals surface area contributed by atoms with Crippen LogP contribution in [0, 0.1) is 0 Å². The van der Waals surface area contributed by atoms with E-state index in [9.17, 15) is 5.11 Å². The minimum absolute atomic E-state index is 0.667. The van der Waals surface area contributed by atoms with E-state index in [-0.39, 0.29) is 0 Å². The number of aliphatic hydroxyl groups excluding tert-OH is 1. The highest BCUT2D eigenvalue weighted by Crippen LogP contribution is 2.15. The van der Waals surface area contributed by atoms with E-state index in [1.165, 1.54) is 77.0 Å². The van der Waals surface area contributed by atoms with Crippen molar-refractivity contribution in [3.8, 4) is 5.75 Å². The van der Waals surface area contributed by atoms with Crippen LogP contribution >= 0.6 is 0 Å². The highest BCUT2D eigenvalue weighted by molar-refractivity contribution is 5.20. The summed E-state index contributed by atoms with van der Waals surface area (Å²) in [5.41, 5.74) is 0. The fourth-order valence-corrected chi connectivity index (χ4v) is 3.05. The molecule has 0 saturated carbocycles. The summed E-state index contributed by atoms with van der Waals surface area (Å²) in [6.45, 7) is 2.27. The largest absolute Gasteiger partial charge is 0.465 e. The molecule has 24 heavy (non-hydrogen) atoms. The zero-order valence-electron chi connectivity index (χ0n) is 15.7. The van der Waals surface area contributed by atoms with Gasteiger partial charge in [-0.2, -0.15) is 0 Å². The predicted octanol–water partition coefficient (Wildman–Crippen LogP) is 6.87. The van der Waals surface area contributed by atoms with Gasteiger partial charge >= 0.3 is 0 Å². The first-order chi connectivity index (χ1) is 11.8. The van der Waals surface area contributed by atoms with Gasteiger partial charge in [-0.1, -0.05) is 102 Å². The fourth-order valence-electron chi connectivity index (χ4n) is 3.05. The minimum Gasteiger partial charge on any atom is -0.465 e. The van der Waals surface area contributed by atoms with Gasteiger partial charge in [0.05, 0.1) is 0 Å². The van der Waals surface area contributed by atoms with Crippen molar-refractivity contribution in [2.75, 3.05) is 0 Å². The molecule has 0 aromatic heterocycles. The van der Waals surface area contributed by atoms with E-state index in [1.807, 2.05) is 30.3 Å². The summed E-state index contributed by atoms with van der Waals surface area (Å²) < 4.78 is 5.48. The molecule has 0 radical (unpaired) electrons. The van der Waals surface area contributed by atoms with Crippen LogP contribution in [0.1, 0.15) is 96.8 Å². The molecule has 0 aliphatic carbocycles. The van der Waals surface area contributed by atoms with Crippen LogP contribution in [0.15, 0.2) is 30.3 Å². The van der Waals surface area contributed by atoms with Crippen LogP contribution in [0.5, 0.6) is 5.75 Å². The average molecular weight is 335 g/mol. The Labute approximate surface area is 149 Å². The van der Waals surface area contributed by atoms with Gasteiger partial charge in [0.2, 0.25) is 0 Å². The molecule has 0 fully saturated rings. The van der Waals surface area contributed by atoms with Crippen molar-refractivity contribution in [2.24, 2.45) is 0 Å². The Balaban J connectivity index is 1.80. The van der Waals surface area contributed by atoms with Crippen molar-refractivity contribution in [3.05, 3.63) is 30.3 Å². The molecule has 0 aliphatic rings. The summed E-state index contributed by atoms with van der Waals surface area (Å²) in [4.78, 5) is 0. The van der Waals surface area contributed by atoms with Crippen molar-refractivity contribution >= 4 is 0 Å². The summed E-state index contributed by atoms with van der Waals surface area (Å²) >= 11 is 0. The van der Waals surface area contributed by atoms with E-state index in [2.05, 4.69) is 6.92 Å². The number of ether oxygens (including phenoxy) is 1. The van der Waals surface area contributed by atoms with E-state index in [4.69, 9.17) is 4.74 Å². The second-order valence-corrected chi connectivity index (χ2v) is 6.92. The maximum atomic E-state index is 9.86. The molecule has 2 heteroatoms. The highest BCUT2D eigenvalue weighted by Gasteiger charge is 2.04. The highest BCUT2D eigenvalue weighted by atomic mass is 16.6. The maximum absolute atomic E-state index is 9.86. The summed E-state index contributed by atoms with van der Waals surface area (Å²) in [6, 6.07) is 9.56. The van der Waals surface area contributed by atoms with Crippen LogP contribution in [0.4, 0.5) is 0 Å². The lowest BCUT2D eigenvalue weighted by Crippen LogP contribution is -2.15. The number of para-hydroxylation sites is 1.